The van der Waals surface area contributed by atoms with Crippen LogP contribution in [0.4, 0.5) is 10.2 Å². The Kier molecular flexibility index (Phi) is 5.56. The van der Waals surface area contributed by atoms with E-state index in [0.29, 0.717) is 53.4 Å². The molecule has 0 atom stereocenters. The number of nitrogens with one attached hydrogen (secondary N) is 1. The Hall–Kier alpha value is -3.71. The van der Waals surface area contributed by atoms with Crippen LogP contribution in [0.1, 0.15) is 10.4 Å². The largest absolute Gasteiger partial charge is 0.353 e. The van der Waals surface area contributed by atoms with Gasteiger partial charge in [0.25, 0.3) is 5.91 Å². The first kappa shape index (κ1) is 21.2. The molecule has 3 heterocycles. The van der Waals surface area contributed by atoms with Crippen LogP contribution >= 0.6 is 11.6 Å². The van der Waals surface area contributed by atoms with Gasteiger partial charge in [-0.05, 0) is 53.9 Å². The molecule has 1 fully saturated rings. The average molecular weight is 463 g/mol. The number of benzene rings is 2. The van der Waals surface area contributed by atoms with E-state index >= 15 is 0 Å². The summed E-state index contributed by atoms with van der Waals surface area (Å²) in [5.74, 6) is 0.327. The van der Waals surface area contributed by atoms with Crippen molar-refractivity contribution in [1.29, 1.82) is 0 Å². The third-order valence-electron chi connectivity index (χ3n) is 5.85. The Balaban J connectivity index is 1.26. The van der Waals surface area contributed by atoms with E-state index in [4.69, 9.17) is 11.6 Å². The van der Waals surface area contributed by atoms with Crippen LogP contribution in [-0.4, -0.2) is 47.0 Å². The number of H-pyrrole nitrogens is 1. The van der Waals surface area contributed by atoms with E-state index < -0.39 is 0 Å². The van der Waals surface area contributed by atoms with Gasteiger partial charge in [-0.25, -0.2) is 9.37 Å². The molecule has 0 unspecified atom stereocenters. The van der Waals surface area contributed by atoms with Crippen molar-refractivity contribution in [3.8, 4) is 11.1 Å². The molecule has 5 rings (SSSR count). The number of nitrogens with zero attached hydrogens (tertiary/aromatic N) is 3. The highest BCUT2D eigenvalue weighted by molar-refractivity contribution is 6.30. The number of amides is 1. The zero-order valence-corrected chi connectivity index (χ0v) is 18.3. The third kappa shape index (κ3) is 4.32. The number of piperazine rings is 1. The minimum atomic E-state index is -0.387. The van der Waals surface area contributed by atoms with Crippen molar-refractivity contribution in [1.82, 2.24) is 14.9 Å². The van der Waals surface area contributed by atoms with Crippen molar-refractivity contribution >= 4 is 34.2 Å². The van der Waals surface area contributed by atoms with Crippen LogP contribution in [0.5, 0.6) is 0 Å². The smallest absolute Gasteiger partial charge is 0.254 e. The Bertz CT molecular complexity index is 1400. The maximum atomic E-state index is 14.2. The molecule has 2 aromatic carbocycles. The lowest BCUT2D eigenvalue weighted by Gasteiger charge is -2.35. The maximum absolute atomic E-state index is 14.2. The number of pyridine rings is 2. The first-order valence-electron chi connectivity index (χ1n) is 10.6. The van der Waals surface area contributed by atoms with Gasteiger partial charge in [0.05, 0.1) is 0 Å². The van der Waals surface area contributed by atoms with Crippen molar-refractivity contribution in [3.63, 3.8) is 0 Å². The fourth-order valence-electron chi connectivity index (χ4n) is 4.06. The lowest BCUT2D eigenvalue weighted by Crippen LogP contribution is -2.49. The van der Waals surface area contributed by atoms with Gasteiger partial charge in [0.1, 0.15) is 11.6 Å². The first-order chi connectivity index (χ1) is 16.0. The summed E-state index contributed by atoms with van der Waals surface area (Å²) in [6, 6.07) is 16.8. The zero-order valence-electron chi connectivity index (χ0n) is 17.6. The SMILES string of the molecule is O=C(c1ccc2ccc(=O)[nH]c2c1)N1CCN(c2ccc(-c3ccc(Cl)cc3F)cn2)CC1. The molecule has 0 saturated carbocycles. The van der Waals surface area contributed by atoms with E-state index in [1.807, 2.05) is 18.2 Å². The number of hydrogen-bond donors (Lipinski definition) is 1. The number of anilines is 1. The number of carbonyl (C=O) groups is 1. The molecule has 0 radical (unpaired) electrons. The second-order valence-corrected chi connectivity index (χ2v) is 8.37. The summed E-state index contributed by atoms with van der Waals surface area (Å²) >= 11 is 5.83. The highest BCUT2D eigenvalue weighted by Gasteiger charge is 2.23. The molecule has 1 amide bonds. The van der Waals surface area contributed by atoms with Gasteiger partial charge in [0.15, 0.2) is 0 Å². The molecular weight excluding hydrogens is 443 g/mol. The predicted molar refractivity (Wildman–Crippen MR) is 127 cm³/mol. The highest BCUT2D eigenvalue weighted by Crippen LogP contribution is 2.26. The Morgan fingerprint density at radius 2 is 1.76 bits per heavy atom. The van der Waals surface area contributed by atoms with Gasteiger partial charge in [0, 0.05) is 65.7 Å². The summed E-state index contributed by atoms with van der Waals surface area (Å²) in [4.78, 5) is 35.7. The van der Waals surface area contributed by atoms with Gasteiger partial charge in [-0.2, -0.15) is 0 Å². The molecule has 4 aromatic rings. The number of fused-ring (bicyclic) bond motifs is 1. The summed E-state index contributed by atoms with van der Waals surface area (Å²) in [7, 11) is 0. The molecule has 2 aromatic heterocycles. The molecule has 1 N–H and O–H groups in total. The molecule has 0 bridgehead atoms. The number of carbonyl (C=O) groups excluding carboxylic acids is 1. The van der Waals surface area contributed by atoms with Crippen LogP contribution in [0.25, 0.3) is 22.0 Å². The van der Waals surface area contributed by atoms with Crippen molar-refractivity contribution in [3.05, 3.63) is 93.6 Å². The van der Waals surface area contributed by atoms with E-state index in [-0.39, 0.29) is 17.3 Å². The number of halogens is 2. The topological polar surface area (TPSA) is 69.3 Å². The van der Waals surface area contributed by atoms with E-state index in [1.54, 1.807) is 41.4 Å². The average Bonchev–Trinajstić information content (AvgIpc) is 2.83. The number of hydrogen-bond acceptors (Lipinski definition) is 4. The van der Waals surface area contributed by atoms with Crippen LogP contribution in [0.2, 0.25) is 5.02 Å². The summed E-state index contributed by atoms with van der Waals surface area (Å²) in [5.41, 5.74) is 2.12. The molecule has 1 aliphatic heterocycles. The van der Waals surface area contributed by atoms with Gasteiger partial charge in [-0.3, -0.25) is 9.59 Å². The number of aromatic amines is 1. The minimum Gasteiger partial charge on any atom is -0.353 e. The summed E-state index contributed by atoms with van der Waals surface area (Å²) < 4.78 is 14.2. The standard InChI is InChI=1S/C25H20ClFN4O2/c26-19-5-6-20(21(27)14-19)18-3-7-23(28-15-18)30-9-11-31(12-10-30)25(33)17-2-1-16-4-8-24(32)29-22(16)13-17/h1-8,13-15H,9-12H2,(H,29,32). The van der Waals surface area contributed by atoms with E-state index in [2.05, 4.69) is 14.9 Å². The van der Waals surface area contributed by atoms with E-state index in [0.717, 1.165) is 11.2 Å². The lowest BCUT2D eigenvalue weighted by molar-refractivity contribution is 0.0746. The maximum Gasteiger partial charge on any atom is 0.254 e. The molecule has 8 heteroatoms. The Morgan fingerprint density at radius 1 is 0.970 bits per heavy atom. The minimum absolute atomic E-state index is 0.0669. The quantitative estimate of drug-likeness (QED) is 0.491. The van der Waals surface area contributed by atoms with Crippen LogP contribution in [0.15, 0.2) is 71.7 Å². The number of aromatic nitrogens is 2. The van der Waals surface area contributed by atoms with Crippen LogP contribution < -0.4 is 10.5 Å². The molecule has 166 valence electrons. The predicted octanol–water partition coefficient (Wildman–Crippen LogP) is 4.35. The summed E-state index contributed by atoms with van der Waals surface area (Å²) in [5, 5.41) is 1.23. The van der Waals surface area contributed by atoms with Gasteiger partial charge >= 0.3 is 0 Å². The van der Waals surface area contributed by atoms with E-state index in [1.165, 1.54) is 12.1 Å². The van der Waals surface area contributed by atoms with E-state index in [9.17, 15) is 14.0 Å². The van der Waals surface area contributed by atoms with Gasteiger partial charge < -0.3 is 14.8 Å². The fraction of sp³-hybridized carbons (Fsp3) is 0.160. The fourth-order valence-corrected chi connectivity index (χ4v) is 4.22. The molecule has 0 aliphatic carbocycles. The first-order valence-corrected chi connectivity index (χ1v) is 10.9. The van der Waals surface area contributed by atoms with Crippen LogP contribution in [0.3, 0.4) is 0 Å². The second kappa shape index (κ2) is 8.67. The molecule has 1 saturated heterocycles. The van der Waals surface area contributed by atoms with Crippen molar-refractivity contribution in [2.75, 3.05) is 31.1 Å². The van der Waals surface area contributed by atoms with Crippen molar-refractivity contribution < 1.29 is 9.18 Å². The summed E-state index contributed by atoms with van der Waals surface area (Å²) in [6.45, 7) is 2.38. The van der Waals surface area contributed by atoms with Gasteiger partial charge in [-0.1, -0.05) is 17.7 Å². The van der Waals surface area contributed by atoms with Crippen molar-refractivity contribution in [2.45, 2.75) is 0 Å². The second-order valence-electron chi connectivity index (χ2n) is 7.93. The van der Waals surface area contributed by atoms with Gasteiger partial charge in [0.2, 0.25) is 5.56 Å². The van der Waals surface area contributed by atoms with Gasteiger partial charge in [-0.15, -0.1) is 0 Å². The zero-order chi connectivity index (χ0) is 22.9. The van der Waals surface area contributed by atoms with Crippen LogP contribution in [0, 0.1) is 5.82 Å². The molecular formula is C25H20ClFN4O2. The monoisotopic (exact) mass is 462 g/mol. The van der Waals surface area contributed by atoms with Crippen molar-refractivity contribution in [2.24, 2.45) is 0 Å². The normalized spacial score (nSPS) is 14.0. The molecule has 33 heavy (non-hydrogen) atoms. The highest BCUT2D eigenvalue weighted by atomic mass is 35.5. The summed E-state index contributed by atoms with van der Waals surface area (Å²) in [6.07, 6.45) is 1.65. The lowest BCUT2D eigenvalue weighted by atomic mass is 10.1. The Morgan fingerprint density at radius 3 is 2.48 bits per heavy atom. The third-order valence-corrected chi connectivity index (χ3v) is 6.09. The number of rotatable bonds is 3. The van der Waals surface area contributed by atoms with Crippen LogP contribution in [-0.2, 0) is 0 Å². The molecule has 1 aliphatic rings. The Labute approximate surface area is 194 Å². The molecule has 0 spiro atoms. The molecule has 6 nitrogen and oxygen atoms in total.